The highest BCUT2D eigenvalue weighted by Gasteiger charge is 2.24. The Morgan fingerprint density at radius 2 is 1.86 bits per heavy atom. The molecule has 0 aromatic heterocycles. The third-order valence-corrected chi connectivity index (χ3v) is 3.83. The molecule has 3 N–H and O–H groups in total. The molecule has 0 bridgehead atoms. The summed E-state index contributed by atoms with van der Waals surface area (Å²) in [5, 5.41) is 2.92. The van der Waals surface area contributed by atoms with Crippen molar-refractivity contribution < 1.29 is 9.53 Å². The average Bonchev–Trinajstić information content (AvgIpc) is 2.43. The molecule has 0 aliphatic heterocycles. The van der Waals surface area contributed by atoms with Crippen molar-refractivity contribution in [3.05, 3.63) is 24.3 Å². The second-order valence-corrected chi connectivity index (χ2v) is 6.46. The molecule has 0 spiro atoms. The van der Waals surface area contributed by atoms with Gasteiger partial charge in [0.25, 0.3) is 0 Å². The lowest BCUT2D eigenvalue weighted by Gasteiger charge is -2.30. The SMILES string of the molecule is COc1ccc(NC(=O)CCC(CCN)C(C)(C)C)cc1. The van der Waals surface area contributed by atoms with Crippen LogP contribution >= 0.6 is 0 Å². The first-order chi connectivity index (χ1) is 9.86. The van der Waals surface area contributed by atoms with Gasteiger partial charge in [-0.3, -0.25) is 4.79 Å². The lowest BCUT2D eigenvalue weighted by molar-refractivity contribution is -0.116. The molecule has 4 heteroatoms. The van der Waals surface area contributed by atoms with Gasteiger partial charge in [-0.15, -0.1) is 0 Å². The van der Waals surface area contributed by atoms with Gasteiger partial charge >= 0.3 is 0 Å². The number of rotatable bonds is 7. The molecule has 1 aromatic carbocycles. The second kappa shape index (κ2) is 8.03. The van der Waals surface area contributed by atoms with Gasteiger partial charge in [-0.05, 0) is 55.0 Å². The number of benzene rings is 1. The van der Waals surface area contributed by atoms with Crippen LogP contribution in [0, 0.1) is 11.3 Å². The zero-order valence-electron chi connectivity index (χ0n) is 13.6. The maximum Gasteiger partial charge on any atom is 0.224 e. The lowest BCUT2D eigenvalue weighted by Crippen LogP contribution is -2.25. The Balaban J connectivity index is 2.48. The Kier molecular flexibility index (Phi) is 6.69. The van der Waals surface area contributed by atoms with Gasteiger partial charge in [-0.1, -0.05) is 20.8 Å². The van der Waals surface area contributed by atoms with Crippen LogP contribution in [0.3, 0.4) is 0 Å². The van der Waals surface area contributed by atoms with Gasteiger partial charge in [-0.2, -0.15) is 0 Å². The number of hydrogen-bond donors (Lipinski definition) is 2. The van der Waals surface area contributed by atoms with Crippen LogP contribution in [-0.2, 0) is 4.79 Å². The summed E-state index contributed by atoms with van der Waals surface area (Å²) in [5.41, 5.74) is 6.65. The normalized spacial score (nSPS) is 12.8. The van der Waals surface area contributed by atoms with Crippen LogP contribution in [0.15, 0.2) is 24.3 Å². The number of anilines is 1. The van der Waals surface area contributed by atoms with Crippen molar-refractivity contribution in [2.45, 2.75) is 40.0 Å². The molecule has 1 atom stereocenters. The van der Waals surface area contributed by atoms with Crippen LogP contribution in [0.2, 0.25) is 0 Å². The van der Waals surface area contributed by atoms with Gasteiger partial charge < -0.3 is 15.8 Å². The van der Waals surface area contributed by atoms with E-state index in [1.165, 1.54) is 0 Å². The molecular weight excluding hydrogens is 264 g/mol. The summed E-state index contributed by atoms with van der Waals surface area (Å²) < 4.78 is 5.09. The Morgan fingerprint density at radius 3 is 2.33 bits per heavy atom. The van der Waals surface area contributed by atoms with E-state index in [0.29, 0.717) is 18.9 Å². The number of methoxy groups -OCH3 is 1. The van der Waals surface area contributed by atoms with Crippen molar-refractivity contribution >= 4 is 11.6 Å². The Labute approximate surface area is 128 Å². The van der Waals surface area contributed by atoms with Crippen LogP contribution in [-0.4, -0.2) is 19.6 Å². The molecule has 1 aromatic rings. The highest BCUT2D eigenvalue weighted by atomic mass is 16.5. The number of carbonyl (C=O) groups is 1. The van der Waals surface area contributed by atoms with Crippen LogP contribution in [0.25, 0.3) is 0 Å². The topological polar surface area (TPSA) is 64.3 Å². The van der Waals surface area contributed by atoms with Crippen LogP contribution in [0.1, 0.15) is 40.0 Å². The molecule has 0 aliphatic carbocycles. The van der Waals surface area contributed by atoms with Gasteiger partial charge in [-0.25, -0.2) is 0 Å². The first-order valence-electron chi connectivity index (χ1n) is 7.50. The molecule has 1 rings (SSSR count). The number of nitrogens with one attached hydrogen (secondary N) is 1. The Bertz CT molecular complexity index is 435. The fourth-order valence-corrected chi connectivity index (χ4v) is 2.41. The highest BCUT2D eigenvalue weighted by Crippen LogP contribution is 2.32. The smallest absolute Gasteiger partial charge is 0.224 e. The van der Waals surface area contributed by atoms with Crippen molar-refractivity contribution in [1.82, 2.24) is 0 Å². The summed E-state index contributed by atoms with van der Waals surface area (Å²) in [7, 11) is 1.62. The predicted molar refractivity (Wildman–Crippen MR) is 87.5 cm³/mol. The van der Waals surface area contributed by atoms with E-state index in [2.05, 4.69) is 26.1 Å². The molecule has 0 heterocycles. The van der Waals surface area contributed by atoms with E-state index in [9.17, 15) is 4.79 Å². The molecule has 4 nitrogen and oxygen atoms in total. The quantitative estimate of drug-likeness (QED) is 0.809. The van der Waals surface area contributed by atoms with Gasteiger partial charge in [0.1, 0.15) is 5.75 Å². The minimum absolute atomic E-state index is 0.0476. The van der Waals surface area contributed by atoms with Crippen LogP contribution in [0.4, 0.5) is 5.69 Å². The van der Waals surface area contributed by atoms with Gasteiger partial charge in [0, 0.05) is 12.1 Å². The van der Waals surface area contributed by atoms with Gasteiger partial charge in [0.15, 0.2) is 0 Å². The molecule has 0 radical (unpaired) electrons. The minimum Gasteiger partial charge on any atom is -0.497 e. The largest absolute Gasteiger partial charge is 0.497 e. The molecule has 21 heavy (non-hydrogen) atoms. The average molecular weight is 292 g/mol. The maximum atomic E-state index is 12.0. The lowest BCUT2D eigenvalue weighted by atomic mass is 9.76. The molecule has 0 saturated carbocycles. The molecule has 1 amide bonds. The fraction of sp³-hybridized carbons (Fsp3) is 0.588. The minimum atomic E-state index is 0.0476. The Hall–Kier alpha value is -1.55. The predicted octanol–water partition coefficient (Wildman–Crippen LogP) is 3.43. The van der Waals surface area contributed by atoms with E-state index < -0.39 is 0 Å². The molecule has 0 fully saturated rings. The summed E-state index contributed by atoms with van der Waals surface area (Å²) >= 11 is 0. The monoisotopic (exact) mass is 292 g/mol. The van der Waals surface area contributed by atoms with Gasteiger partial charge in [0.2, 0.25) is 5.91 Å². The van der Waals surface area contributed by atoms with E-state index in [1.54, 1.807) is 7.11 Å². The van der Waals surface area contributed by atoms with E-state index in [1.807, 2.05) is 24.3 Å². The molecule has 0 aliphatic rings. The van der Waals surface area contributed by atoms with Gasteiger partial charge in [0.05, 0.1) is 7.11 Å². The standard InChI is InChI=1S/C17H28N2O2/c1-17(2,3)13(11-12-18)5-10-16(20)19-14-6-8-15(21-4)9-7-14/h6-9,13H,5,10-12,18H2,1-4H3,(H,19,20). The summed E-state index contributed by atoms with van der Waals surface area (Å²) in [6, 6.07) is 7.36. The second-order valence-electron chi connectivity index (χ2n) is 6.46. The molecule has 0 saturated heterocycles. The third kappa shape index (κ3) is 6.17. The zero-order chi connectivity index (χ0) is 15.9. The summed E-state index contributed by atoms with van der Waals surface area (Å²) in [5.74, 6) is 1.29. The highest BCUT2D eigenvalue weighted by molar-refractivity contribution is 5.90. The fourth-order valence-electron chi connectivity index (χ4n) is 2.41. The van der Waals surface area contributed by atoms with E-state index >= 15 is 0 Å². The van der Waals surface area contributed by atoms with Crippen molar-refractivity contribution in [1.29, 1.82) is 0 Å². The van der Waals surface area contributed by atoms with E-state index in [4.69, 9.17) is 10.5 Å². The van der Waals surface area contributed by atoms with Crippen molar-refractivity contribution in [2.75, 3.05) is 19.0 Å². The third-order valence-electron chi connectivity index (χ3n) is 3.83. The first kappa shape index (κ1) is 17.5. The number of hydrogen-bond acceptors (Lipinski definition) is 3. The number of amides is 1. The van der Waals surface area contributed by atoms with Crippen molar-refractivity contribution in [2.24, 2.45) is 17.1 Å². The summed E-state index contributed by atoms with van der Waals surface area (Å²) in [4.78, 5) is 12.0. The first-order valence-corrected chi connectivity index (χ1v) is 7.50. The molecule has 118 valence electrons. The summed E-state index contributed by atoms with van der Waals surface area (Å²) in [6.45, 7) is 7.28. The molecule has 1 unspecified atom stereocenters. The maximum absolute atomic E-state index is 12.0. The number of nitrogens with two attached hydrogens (primary N) is 1. The van der Waals surface area contributed by atoms with E-state index in [0.717, 1.165) is 24.3 Å². The zero-order valence-corrected chi connectivity index (χ0v) is 13.6. The number of carbonyl (C=O) groups excluding carboxylic acids is 1. The number of ether oxygens (including phenoxy) is 1. The van der Waals surface area contributed by atoms with Crippen molar-refractivity contribution in [3.8, 4) is 5.75 Å². The van der Waals surface area contributed by atoms with E-state index in [-0.39, 0.29) is 11.3 Å². The Morgan fingerprint density at radius 1 is 1.24 bits per heavy atom. The summed E-state index contributed by atoms with van der Waals surface area (Å²) in [6.07, 6.45) is 2.34. The van der Waals surface area contributed by atoms with Crippen molar-refractivity contribution in [3.63, 3.8) is 0 Å². The molecular formula is C17H28N2O2. The van der Waals surface area contributed by atoms with Crippen LogP contribution < -0.4 is 15.8 Å². The van der Waals surface area contributed by atoms with Crippen LogP contribution in [0.5, 0.6) is 5.75 Å².